The summed E-state index contributed by atoms with van der Waals surface area (Å²) in [6, 6.07) is 9.18. The van der Waals surface area contributed by atoms with Crippen molar-refractivity contribution in [1.82, 2.24) is 9.97 Å². The molecule has 0 unspecified atom stereocenters. The molecule has 17 heavy (non-hydrogen) atoms. The van der Waals surface area contributed by atoms with Crippen LogP contribution in [0.2, 0.25) is 0 Å². The zero-order valence-corrected chi connectivity index (χ0v) is 9.15. The van der Waals surface area contributed by atoms with Crippen LogP contribution in [0.1, 0.15) is 16.8 Å². The normalized spacial score (nSPS) is 12.4. The summed E-state index contributed by atoms with van der Waals surface area (Å²) < 4.78 is 0. The Morgan fingerprint density at radius 1 is 1.00 bits per heavy atom. The fourth-order valence-electron chi connectivity index (χ4n) is 1.41. The summed E-state index contributed by atoms with van der Waals surface area (Å²) in [5.74, 6) is 0.163. The van der Waals surface area contributed by atoms with E-state index in [1.54, 1.807) is 24.7 Å². The van der Waals surface area contributed by atoms with Crippen LogP contribution in [0, 0.1) is 0 Å². The maximum absolute atomic E-state index is 11.2. The molecule has 1 aliphatic heterocycles. The van der Waals surface area contributed by atoms with Gasteiger partial charge in [-0.2, -0.15) is 0 Å². The predicted octanol–water partition coefficient (Wildman–Crippen LogP) is 2.45. The van der Waals surface area contributed by atoms with Gasteiger partial charge in [0.2, 0.25) is 0 Å². The molecule has 0 amide bonds. The molecule has 2 aromatic rings. The predicted molar refractivity (Wildman–Crippen MR) is 65.6 cm³/mol. The molecular formula is C13H11N3O. The largest absolute Gasteiger partial charge is 0.294 e. The second kappa shape index (κ2) is 5.65. The third kappa shape index (κ3) is 3.04. The average molecular weight is 225 g/mol. The first-order valence-electron chi connectivity index (χ1n) is 5.22. The van der Waals surface area contributed by atoms with Gasteiger partial charge in [0.05, 0.1) is 5.69 Å². The monoisotopic (exact) mass is 225 g/mol. The summed E-state index contributed by atoms with van der Waals surface area (Å²) in [6.07, 6.45) is 6.97. The van der Waals surface area contributed by atoms with Crippen LogP contribution in [0.4, 0.5) is 5.69 Å². The minimum absolute atomic E-state index is 0.163. The molecule has 2 heterocycles. The molecule has 1 aliphatic rings. The molecule has 0 aliphatic carbocycles. The number of hydrogen-bond donors (Lipinski definition) is 0. The van der Waals surface area contributed by atoms with Gasteiger partial charge in [-0.05, 0) is 18.2 Å². The van der Waals surface area contributed by atoms with Gasteiger partial charge in [0.1, 0.15) is 6.33 Å². The molecule has 3 rings (SSSR count). The van der Waals surface area contributed by atoms with Crippen molar-refractivity contribution in [2.45, 2.75) is 6.42 Å². The molecule has 0 atom stereocenters. The van der Waals surface area contributed by atoms with Gasteiger partial charge in [0, 0.05) is 30.6 Å². The Bertz CT molecular complexity index is 496. The van der Waals surface area contributed by atoms with Crippen LogP contribution in [-0.4, -0.2) is 22.0 Å². The highest BCUT2D eigenvalue weighted by molar-refractivity contribution is 6.09. The quantitative estimate of drug-likeness (QED) is 0.692. The van der Waals surface area contributed by atoms with E-state index in [2.05, 4.69) is 15.0 Å². The molecule has 0 radical (unpaired) electrons. The molecule has 4 heteroatoms. The summed E-state index contributed by atoms with van der Waals surface area (Å²) in [7, 11) is 0. The number of carbonyl (C=O) groups excluding carboxylic acids is 1. The first-order valence-corrected chi connectivity index (χ1v) is 5.22. The summed E-state index contributed by atoms with van der Waals surface area (Å²) in [4.78, 5) is 22.6. The van der Waals surface area contributed by atoms with Crippen molar-refractivity contribution in [2.75, 3.05) is 0 Å². The molecular weight excluding hydrogens is 214 g/mol. The number of Topliss-reactive ketones (excluding diaryl/α,β-unsaturated/α-hetero) is 1. The van der Waals surface area contributed by atoms with E-state index in [0.717, 1.165) is 11.3 Å². The van der Waals surface area contributed by atoms with Gasteiger partial charge in [0.15, 0.2) is 5.78 Å². The van der Waals surface area contributed by atoms with E-state index in [-0.39, 0.29) is 5.78 Å². The van der Waals surface area contributed by atoms with Crippen molar-refractivity contribution in [3.05, 3.63) is 54.6 Å². The second-order valence-corrected chi connectivity index (χ2v) is 3.36. The number of nitrogens with zero attached hydrogens (tertiary/aromatic N) is 3. The lowest BCUT2D eigenvalue weighted by molar-refractivity contribution is 0.100. The van der Waals surface area contributed by atoms with Crippen LogP contribution in [0.15, 0.2) is 54.0 Å². The van der Waals surface area contributed by atoms with Gasteiger partial charge < -0.3 is 0 Å². The van der Waals surface area contributed by atoms with Gasteiger partial charge in [0.25, 0.3) is 0 Å². The smallest absolute Gasteiger partial charge is 0.170 e. The molecule has 1 aromatic heterocycles. The lowest BCUT2D eigenvalue weighted by Crippen LogP contribution is -2.03. The number of aromatic nitrogens is 2. The standard InChI is InChI=1S/C9H7NO.C4H4N2/c11-9-5-6-10-8-4-2-1-3-7(8)9;1-2-5-4-6-3-1/h1-4,6H,5H2;1-4H. The number of para-hydroxylation sites is 1. The zero-order chi connectivity index (χ0) is 11.9. The molecule has 0 bridgehead atoms. The highest BCUT2D eigenvalue weighted by Gasteiger charge is 2.11. The van der Waals surface area contributed by atoms with Crippen molar-refractivity contribution >= 4 is 17.7 Å². The van der Waals surface area contributed by atoms with Gasteiger partial charge in [-0.3, -0.25) is 9.79 Å². The fourth-order valence-corrected chi connectivity index (χ4v) is 1.41. The van der Waals surface area contributed by atoms with E-state index in [1.165, 1.54) is 6.33 Å². The Balaban J connectivity index is 0.000000153. The van der Waals surface area contributed by atoms with Crippen LogP contribution in [0.5, 0.6) is 0 Å². The maximum Gasteiger partial charge on any atom is 0.170 e. The summed E-state index contributed by atoms with van der Waals surface area (Å²) in [6.45, 7) is 0. The Hall–Kier alpha value is -2.36. The number of fused-ring (bicyclic) bond motifs is 1. The van der Waals surface area contributed by atoms with E-state index >= 15 is 0 Å². The lowest BCUT2D eigenvalue weighted by atomic mass is 10.0. The second-order valence-electron chi connectivity index (χ2n) is 3.36. The molecule has 0 N–H and O–H groups in total. The Labute approximate surface area is 99.1 Å². The van der Waals surface area contributed by atoms with Crippen LogP contribution in [-0.2, 0) is 0 Å². The molecule has 1 aromatic carbocycles. The first-order chi connectivity index (χ1) is 8.38. The molecule has 0 fully saturated rings. The number of benzene rings is 1. The third-order valence-corrected chi connectivity index (χ3v) is 2.19. The summed E-state index contributed by atoms with van der Waals surface area (Å²) in [5.41, 5.74) is 1.54. The van der Waals surface area contributed by atoms with Crippen molar-refractivity contribution in [2.24, 2.45) is 4.99 Å². The average Bonchev–Trinajstić information content (AvgIpc) is 2.42. The Morgan fingerprint density at radius 3 is 2.35 bits per heavy atom. The summed E-state index contributed by atoms with van der Waals surface area (Å²) in [5, 5.41) is 0. The van der Waals surface area contributed by atoms with E-state index in [1.807, 2.05) is 24.3 Å². The van der Waals surface area contributed by atoms with Gasteiger partial charge in [-0.25, -0.2) is 9.97 Å². The SMILES string of the molecule is O=C1CC=Nc2ccccc21.c1cncnc1. The molecule has 0 saturated heterocycles. The number of ketones is 1. The van der Waals surface area contributed by atoms with Gasteiger partial charge in [-0.15, -0.1) is 0 Å². The fraction of sp³-hybridized carbons (Fsp3) is 0.0769. The molecule has 0 saturated carbocycles. The number of rotatable bonds is 0. The van der Waals surface area contributed by atoms with E-state index < -0.39 is 0 Å². The van der Waals surface area contributed by atoms with Crippen LogP contribution >= 0.6 is 0 Å². The third-order valence-electron chi connectivity index (χ3n) is 2.19. The number of aliphatic imine (C=N–C) groups is 1. The van der Waals surface area contributed by atoms with Crippen molar-refractivity contribution in [3.8, 4) is 0 Å². The van der Waals surface area contributed by atoms with Crippen LogP contribution in [0.25, 0.3) is 0 Å². The number of carbonyl (C=O) groups is 1. The van der Waals surface area contributed by atoms with E-state index in [0.29, 0.717) is 6.42 Å². The minimum Gasteiger partial charge on any atom is -0.294 e. The van der Waals surface area contributed by atoms with E-state index in [4.69, 9.17) is 0 Å². The Morgan fingerprint density at radius 2 is 1.76 bits per heavy atom. The van der Waals surface area contributed by atoms with Crippen molar-refractivity contribution < 1.29 is 4.79 Å². The highest BCUT2D eigenvalue weighted by Crippen LogP contribution is 2.22. The zero-order valence-electron chi connectivity index (χ0n) is 9.15. The first kappa shape index (κ1) is 11.1. The molecule has 0 spiro atoms. The van der Waals surface area contributed by atoms with Crippen LogP contribution < -0.4 is 0 Å². The minimum atomic E-state index is 0.163. The van der Waals surface area contributed by atoms with E-state index in [9.17, 15) is 4.79 Å². The Kier molecular flexibility index (Phi) is 3.70. The number of hydrogen-bond acceptors (Lipinski definition) is 4. The topological polar surface area (TPSA) is 55.2 Å². The van der Waals surface area contributed by atoms with Gasteiger partial charge >= 0.3 is 0 Å². The summed E-state index contributed by atoms with van der Waals surface area (Å²) >= 11 is 0. The lowest BCUT2D eigenvalue weighted by Gasteiger charge is -2.06. The molecule has 84 valence electrons. The maximum atomic E-state index is 11.2. The van der Waals surface area contributed by atoms with Gasteiger partial charge in [-0.1, -0.05) is 12.1 Å². The van der Waals surface area contributed by atoms with Crippen molar-refractivity contribution in [1.29, 1.82) is 0 Å². The molecule has 4 nitrogen and oxygen atoms in total. The highest BCUT2D eigenvalue weighted by atomic mass is 16.1. The van der Waals surface area contributed by atoms with Crippen molar-refractivity contribution in [3.63, 3.8) is 0 Å². The van der Waals surface area contributed by atoms with Crippen LogP contribution in [0.3, 0.4) is 0 Å².